The Balaban J connectivity index is 1.57. The van der Waals surface area contributed by atoms with Gasteiger partial charge in [-0.15, -0.1) is 0 Å². The number of benzene rings is 1. The van der Waals surface area contributed by atoms with Gasteiger partial charge in [0.25, 0.3) is 0 Å². The lowest BCUT2D eigenvalue weighted by Crippen LogP contribution is -2.46. The number of hydrogen-bond donors (Lipinski definition) is 1. The topological polar surface area (TPSA) is 54.7 Å². The Morgan fingerprint density at radius 3 is 3.09 bits per heavy atom. The van der Waals surface area contributed by atoms with Gasteiger partial charge in [-0.05, 0) is 35.4 Å². The summed E-state index contributed by atoms with van der Waals surface area (Å²) in [5.41, 5.74) is 1.74. The van der Waals surface area contributed by atoms with Gasteiger partial charge in [-0.25, -0.2) is 0 Å². The van der Waals surface area contributed by atoms with Crippen LogP contribution in [0.3, 0.4) is 0 Å². The Morgan fingerprint density at radius 2 is 2.30 bits per heavy atom. The fourth-order valence-corrected chi connectivity index (χ4v) is 4.18. The molecule has 0 radical (unpaired) electrons. The number of rotatable bonds is 3. The summed E-state index contributed by atoms with van der Waals surface area (Å²) in [5, 5.41) is 11.0. The second-order valence-corrected chi connectivity index (χ2v) is 6.99. The molecule has 2 aliphatic heterocycles. The second-order valence-electron chi connectivity index (χ2n) is 6.99. The highest BCUT2D eigenvalue weighted by Gasteiger charge is 2.53. The van der Waals surface area contributed by atoms with E-state index in [1.165, 1.54) is 16.5 Å². The van der Waals surface area contributed by atoms with Gasteiger partial charge in [0.15, 0.2) is 0 Å². The van der Waals surface area contributed by atoms with Crippen molar-refractivity contribution in [3.63, 3.8) is 0 Å². The molecule has 1 N–H and O–H groups in total. The first-order valence-corrected chi connectivity index (χ1v) is 8.16. The molecule has 2 atom stereocenters. The Bertz CT molecular complexity index is 754. The summed E-state index contributed by atoms with van der Waals surface area (Å²) >= 11 is 0. The lowest BCUT2D eigenvalue weighted by Gasteiger charge is -2.34. The van der Waals surface area contributed by atoms with Crippen molar-refractivity contribution in [1.29, 1.82) is 0 Å². The number of likely N-dealkylation sites (tertiary alicyclic amines) is 1. The Kier molecular flexibility index (Phi) is 3.43. The largest absolute Gasteiger partial charge is 0.481 e. The normalized spacial score (nSPS) is 28.1. The molecule has 0 amide bonds. The lowest BCUT2D eigenvalue weighted by atomic mass is 9.76. The van der Waals surface area contributed by atoms with Crippen LogP contribution in [0, 0.1) is 11.3 Å². The summed E-state index contributed by atoms with van der Waals surface area (Å²) < 4.78 is 7.62. The van der Waals surface area contributed by atoms with Crippen LogP contribution in [0.15, 0.2) is 30.5 Å². The first-order chi connectivity index (χ1) is 11.1. The van der Waals surface area contributed by atoms with E-state index in [0.29, 0.717) is 19.8 Å². The Labute approximate surface area is 135 Å². The molecule has 2 fully saturated rings. The van der Waals surface area contributed by atoms with E-state index in [0.717, 1.165) is 19.5 Å². The first-order valence-electron chi connectivity index (χ1n) is 8.16. The van der Waals surface area contributed by atoms with Crippen LogP contribution < -0.4 is 0 Å². The summed E-state index contributed by atoms with van der Waals surface area (Å²) in [6.45, 7) is 3.26. The number of aryl methyl sites for hydroxylation is 1. The number of carbonyl (C=O) groups is 1. The van der Waals surface area contributed by atoms with Gasteiger partial charge in [0.05, 0.1) is 6.61 Å². The van der Waals surface area contributed by atoms with Crippen LogP contribution in [-0.4, -0.2) is 46.8 Å². The van der Waals surface area contributed by atoms with E-state index < -0.39 is 11.4 Å². The van der Waals surface area contributed by atoms with Gasteiger partial charge in [0.2, 0.25) is 0 Å². The maximum atomic E-state index is 11.8. The van der Waals surface area contributed by atoms with Gasteiger partial charge in [-0.3, -0.25) is 9.69 Å². The number of ether oxygens (including phenoxy) is 1. The Morgan fingerprint density at radius 1 is 1.43 bits per heavy atom. The maximum absolute atomic E-state index is 11.8. The quantitative estimate of drug-likeness (QED) is 0.943. The van der Waals surface area contributed by atoms with Crippen molar-refractivity contribution in [2.75, 3.05) is 26.3 Å². The highest BCUT2D eigenvalue weighted by Crippen LogP contribution is 2.42. The molecule has 2 saturated heterocycles. The van der Waals surface area contributed by atoms with Gasteiger partial charge in [-0.1, -0.05) is 12.1 Å². The van der Waals surface area contributed by atoms with Crippen LogP contribution in [0.5, 0.6) is 0 Å². The van der Waals surface area contributed by atoms with Crippen molar-refractivity contribution in [2.45, 2.75) is 13.0 Å². The van der Waals surface area contributed by atoms with Crippen molar-refractivity contribution in [2.24, 2.45) is 18.4 Å². The van der Waals surface area contributed by atoms with Crippen molar-refractivity contribution in [1.82, 2.24) is 9.47 Å². The summed E-state index contributed by atoms with van der Waals surface area (Å²) in [5.74, 6) is -0.505. The van der Waals surface area contributed by atoms with Crippen molar-refractivity contribution >= 4 is 16.9 Å². The third-order valence-corrected chi connectivity index (χ3v) is 5.52. The molecule has 5 heteroatoms. The van der Waals surface area contributed by atoms with Crippen molar-refractivity contribution in [3.05, 3.63) is 36.0 Å². The monoisotopic (exact) mass is 314 g/mol. The highest BCUT2D eigenvalue weighted by atomic mass is 16.5. The van der Waals surface area contributed by atoms with Crippen LogP contribution in [-0.2, 0) is 23.1 Å². The summed E-state index contributed by atoms with van der Waals surface area (Å²) in [7, 11) is 2.05. The molecule has 122 valence electrons. The number of aromatic nitrogens is 1. The third kappa shape index (κ3) is 2.35. The maximum Gasteiger partial charge on any atom is 0.313 e. The van der Waals surface area contributed by atoms with Gasteiger partial charge < -0.3 is 14.4 Å². The first kappa shape index (κ1) is 14.7. The molecule has 4 rings (SSSR count). The fraction of sp³-hybridized carbons (Fsp3) is 0.500. The molecule has 0 saturated carbocycles. The molecule has 23 heavy (non-hydrogen) atoms. The van der Waals surface area contributed by atoms with E-state index in [2.05, 4.69) is 39.9 Å². The minimum absolute atomic E-state index is 0.201. The van der Waals surface area contributed by atoms with E-state index in [1.807, 2.05) is 7.05 Å². The molecule has 5 nitrogen and oxygen atoms in total. The minimum Gasteiger partial charge on any atom is -0.481 e. The van der Waals surface area contributed by atoms with Crippen LogP contribution in [0.25, 0.3) is 10.9 Å². The van der Waals surface area contributed by atoms with E-state index in [1.54, 1.807) is 0 Å². The zero-order valence-corrected chi connectivity index (χ0v) is 13.4. The zero-order chi connectivity index (χ0) is 16.0. The molecule has 0 spiro atoms. The summed E-state index contributed by atoms with van der Waals surface area (Å²) in [6, 6.07) is 8.61. The molecule has 1 aromatic carbocycles. The third-order valence-electron chi connectivity index (χ3n) is 5.52. The van der Waals surface area contributed by atoms with Gasteiger partial charge in [0.1, 0.15) is 5.41 Å². The van der Waals surface area contributed by atoms with E-state index in [9.17, 15) is 9.90 Å². The molecular weight excluding hydrogens is 292 g/mol. The van der Waals surface area contributed by atoms with E-state index in [4.69, 9.17) is 4.74 Å². The second kappa shape index (κ2) is 5.35. The number of carboxylic acid groups (broad SMARTS) is 1. The molecule has 1 aromatic heterocycles. The smallest absolute Gasteiger partial charge is 0.313 e. The molecule has 3 heterocycles. The molecule has 0 bridgehead atoms. The lowest BCUT2D eigenvalue weighted by molar-refractivity contribution is -0.159. The number of nitrogens with zero attached hydrogens (tertiary/aromatic N) is 2. The number of hydrogen-bond acceptors (Lipinski definition) is 3. The van der Waals surface area contributed by atoms with Gasteiger partial charge in [-0.2, -0.15) is 0 Å². The van der Waals surface area contributed by atoms with Crippen molar-refractivity contribution < 1.29 is 14.6 Å². The number of fused-ring (bicyclic) bond motifs is 2. The molecule has 2 aliphatic rings. The van der Waals surface area contributed by atoms with E-state index >= 15 is 0 Å². The SMILES string of the molecule is Cn1ccc2ccc(CN3C[C@@H]4CCOC[C@]4(C(=O)O)C3)cc21. The van der Waals surface area contributed by atoms with Gasteiger partial charge in [0, 0.05) is 45.0 Å². The van der Waals surface area contributed by atoms with Gasteiger partial charge >= 0.3 is 5.97 Å². The molecule has 0 unspecified atom stereocenters. The number of carboxylic acids is 1. The summed E-state index contributed by atoms with van der Waals surface area (Å²) in [6.07, 6.45) is 2.91. The van der Waals surface area contributed by atoms with Crippen LogP contribution in [0.1, 0.15) is 12.0 Å². The standard InChI is InChI=1S/C18H22N2O3/c1-19-6-4-14-3-2-13(8-16(14)19)9-20-10-15-5-7-23-12-18(15,11-20)17(21)22/h2-4,6,8,15H,5,7,9-12H2,1H3,(H,21,22)/t15-,18+/m0/s1. The van der Waals surface area contributed by atoms with Crippen LogP contribution >= 0.6 is 0 Å². The van der Waals surface area contributed by atoms with Crippen LogP contribution in [0.4, 0.5) is 0 Å². The summed E-state index contributed by atoms with van der Waals surface area (Å²) in [4.78, 5) is 14.1. The molecular formula is C18H22N2O3. The van der Waals surface area contributed by atoms with E-state index in [-0.39, 0.29) is 5.92 Å². The average molecular weight is 314 g/mol. The Hall–Kier alpha value is -1.85. The average Bonchev–Trinajstić information content (AvgIpc) is 3.09. The zero-order valence-electron chi connectivity index (χ0n) is 13.4. The number of aliphatic carboxylic acids is 1. The molecule has 2 aromatic rings. The predicted molar refractivity (Wildman–Crippen MR) is 87.2 cm³/mol. The molecule has 0 aliphatic carbocycles. The fourth-order valence-electron chi connectivity index (χ4n) is 4.18. The predicted octanol–water partition coefficient (Wildman–Crippen LogP) is 2.10. The van der Waals surface area contributed by atoms with Crippen molar-refractivity contribution in [3.8, 4) is 0 Å². The highest BCUT2D eigenvalue weighted by molar-refractivity contribution is 5.80. The van der Waals surface area contributed by atoms with Crippen LogP contribution in [0.2, 0.25) is 0 Å². The minimum atomic E-state index is -0.715.